The Hall–Kier alpha value is -0.410. The lowest BCUT2D eigenvalue weighted by molar-refractivity contribution is 0.301. The van der Waals surface area contributed by atoms with E-state index in [4.69, 9.17) is 0 Å². The van der Waals surface area contributed by atoms with Gasteiger partial charge in [-0.2, -0.15) is 0 Å². The Labute approximate surface area is 128 Å². The third kappa shape index (κ3) is 4.85. The highest BCUT2D eigenvalue weighted by atomic mass is 32.1. The van der Waals surface area contributed by atoms with Crippen molar-refractivity contribution in [1.29, 1.82) is 0 Å². The summed E-state index contributed by atoms with van der Waals surface area (Å²) in [6.07, 6.45) is 8.36. The van der Waals surface area contributed by atoms with Gasteiger partial charge in [-0.25, -0.2) is 4.98 Å². The number of aryl methyl sites for hydroxylation is 2. The quantitative estimate of drug-likeness (QED) is 0.767. The van der Waals surface area contributed by atoms with Crippen LogP contribution in [0.25, 0.3) is 0 Å². The van der Waals surface area contributed by atoms with E-state index >= 15 is 0 Å². The van der Waals surface area contributed by atoms with Crippen LogP contribution in [0, 0.1) is 24.7 Å². The van der Waals surface area contributed by atoms with Crippen LogP contribution in [0.4, 0.5) is 0 Å². The minimum absolute atomic E-state index is 0.753. The highest BCUT2D eigenvalue weighted by Gasteiger charge is 2.24. The number of nitrogens with zero attached hydrogens (tertiary/aromatic N) is 1. The maximum Gasteiger partial charge on any atom is 0.0797 e. The summed E-state index contributed by atoms with van der Waals surface area (Å²) in [5, 5.41) is 3.69. The van der Waals surface area contributed by atoms with E-state index < -0.39 is 0 Å². The largest absolute Gasteiger partial charge is 0.316 e. The molecule has 3 heteroatoms. The van der Waals surface area contributed by atoms with Gasteiger partial charge >= 0.3 is 0 Å². The van der Waals surface area contributed by atoms with Gasteiger partial charge in [0.25, 0.3) is 0 Å². The Morgan fingerprint density at radius 2 is 2.05 bits per heavy atom. The molecule has 0 saturated heterocycles. The molecular formula is C17H30N2S. The molecule has 1 fully saturated rings. The van der Waals surface area contributed by atoms with Gasteiger partial charge in [0.15, 0.2) is 0 Å². The summed E-state index contributed by atoms with van der Waals surface area (Å²) < 4.78 is 0. The summed E-state index contributed by atoms with van der Waals surface area (Å²) in [6, 6.07) is 0. The lowest BCUT2D eigenvalue weighted by atomic mass is 9.86. The van der Waals surface area contributed by atoms with Gasteiger partial charge in [0.2, 0.25) is 0 Å². The van der Waals surface area contributed by atoms with Crippen molar-refractivity contribution in [1.82, 2.24) is 10.3 Å². The van der Waals surface area contributed by atoms with E-state index in [-0.39, 0.29) is 0 Å². The van der Waals surface area contributed by atoms with E-state index in [9.17, 15) is 0 Å². The lowest BCUT2D eigenvalue weighted by Gasteiger charge is -2.24. The normalized spacial score (nSPS) is 18.0. The van der Waals surface area contributed by atoms with Crippen LogP contribution in [0.15, 0.2) is 5.51 Å². The highest BCUT2D eigenvalue weighted by Crippen LogP contribution is 2.34. The van der Waals surface area contributed by atoms with E-state index in [1.807, 2.05) is 16.8 Å². The molecule has 1 unspecified atom stereocenters. The number of thiazole rings is 1. The number of rotatable bonds is 8. The van der Waals surface area contributed by atoms with Gasteiger partial charge in [-0.15, -0.1) is 11.3 Å². The zero-order valence-electron chi connectivity index (χ0n) is 13.3. The van der Waals surface area contributed by atoms with E-state index in [1.165, 1.54) is 55.6 Å². The molecule has 0 amide bonds. The minimum Gasteiger partial charge on any atom is -0.316 e. The molecule has 0 aliphatic heterocycles. The Bertz CT molecular complexity index is 380. The number of hydrogen-bond acceptors (Lipinski definition) is 3. The van der Waals surface area contributed by atoms with E-state index in [0.29, 0.717) is 0 Å². The molecule has 0 aromatic carbocycles. The molecule has 1 aliphatic rings. The third-order valence-electron chi connectivity index (χ3n) is 4.61. The first-order chi connectivity index (χ1) is 9.66. The van der Waals surface area contributed by atoms with Crippen molar-refractivity contribution in [3.05, 3.63) is 16.1 Å². The standard InChI is InChI=1S/C17H30N2S/c1-13(2)10-18-11-16(15-6-4-5-7-15)8-9-17-14(3)19-12-20-17/h12-13,15-16,18H,4-11H2,1-3H3. The van der Waals surface area contributed by atoms with Crippen LogP contribution < -0.4 is 5.32 Å². The molecule has 1 atom stereocenters. The summed E-state index contributed by atoms with van der Waals surface area (Å²) in [7, 11) is 0. The second-order valence-corrected chi connectivity index (χ2v) is 7.70. The van der Waals surface area contributed by atoms with Crippen LogP contribution in [0.1, 0.15) is 56.5 Å². The van der Waals surface area contributed by atoms with Crippen LogP contribution in [0.3, 0.4) is 0 Å². The number of hydrogen-bond donors (Lipinski definition) is 1. The van der Waals surface area contributed by atoms with Crippen molar-refractivity contribution in [2.75, 3.05) is 13.1 Å². The van der Waals surface area contributed by atoms with Crippen LogP contribution in [0.2, 0.25) is 0 Å². The van der Waals surface area contributed by atoms with E-state index in [2.05, 4.69) is 31.1 Å². The van der Waals surface area contributed by atoms with Gasteiger partial charge in [-0.1, -0.05) is 39.5 Å². The van der Waals surface area contributed by atoms with Crippen molar-refractivity contribution in [3.8, 4) is 0 Å². The molecular weight excluding hydrogens is 264 g/mol. The molecule has 1 heterocycles. The molecule has 2 rings (SSSR count). The monoisotopic (exact) mass is 294 g/mol. The first-order valence-corrected chi connectivity index (χ1v) is 9.14. The maximum absolute atomic E-state index is 4.38. The third-order valence-corrected chi connectivity index (χ3v) is 5.61. The van der Waals surface area contributed by atoms with Crippen molar-refractivity contribution >= 4 is 11.3 Å². The summed E-state index contributed by atoms with van der Waals surface area (Å²) in [4.78, 5) is 5.88. The molecule has 114 valence electrons. The number of nitrogens with one attached hydrogen (secondary N) is 1. The summed E-state index contributed by atoms with van der Waals surface area (Å²) in [5.74, 6) is 2.57. The fraction of sp³-hybridized carbons (Fsp3) is 0.824. The second kappa shape index (κ2) is 8.14. The van der Waals surface area contributed by atoms with Crippen molar-refractivity contribution in [3.63, 3.8) is 0 Å². The van der Waals surface area contributed by atoms with E-state index in [0.717, 1.165) is 24.3 Å². The van der Waals surface area contributed by atoms with Gasteiger partial charge in [0, 0.05) is 4.88 Å². The molecule has 0 radical (unpaired) electrons. The van der Waals surface area contributed by atoms with Crippen molar-refractivity contribution < 1.29 is 0 Å². The topological polar surface area (TPSA) is 24.9 Å². The predicted molar refractivity (Wildman–Crippen MR) is 88.3 cm³/mol. The maximum atomic E-state index is 4.38. The van der Waals surface area contributed by atoms with Crippen LogP contribution in [-0.2, 0) is 6.42 Å². The molecule has 1 aromatic rings. The van der Waals surface area contributed by atoms with Gasteiger partial charge in [-0.3, -0.25) is 0 Å². The minimum atomic E-state index is 0.753. The van der Waals surface area contributed by atoms with Crippen LogP contribution in [0.5, 0.6) is 0 Å². The summed E-state index contributed by atoms with van der Waals surface area (Å²) in [5.41, 5.74) is 3.24. The molecule has 20 heavy (non-hydrogen) atoms. The molecule has 0 spiro atoms. The fourth-order valence-electron chi connectivity index (χ4n) is 3.37. The Morgan fingerprint density at radius 3 is 2.65 bits per heavy atom. The van der Waals surface area contributed by atoms with Crippen LogP contribution >= 0.6 is 11.3 Å². The molecule has 1 aromatic heterocycles. The molecule has 1 saturated carbocycles. The highest BCUT2D eigenvalue weighted by molar-refractivity contribution is 7.09. The average Bonchev–Trinajstić information content (AvgIpc) is 3.05. The molecule has 1 N–H and O–H groups in total. The van der Waals surface area contributed by atoms with Crippen molar-refractivity contribution in [2.24, 2.45) is 17.8 Å². The second-order valence-electron chi connectivity index (χ2n) is 6.76. The Morgan fingerprint density at radius 1 is 1.30 bits per heavy atom. The van der Waals surface area contributed by atoms with Crippen LogP contribution in [-0.4, -0.2) is 18.1 Å². The molecule has 1 aliphatic carbocycles. The summed E-state index contributed by atoms with van der Waals surface area (Å²) in [6.45, 7) is 9.09. The summed E-state index contributed by atoms with van der Waals surface area (Å²) >= 11 is 1.83. The van der Waals surface area contributed by atoms with Gasteiger partial charge < -0.3 is 5.32 Å². The SMILES string of the molecule is Cc1ncsc1CCC(CNCC(C)C)C1CCCC1. The zero-order chi connectivity index (χ0) is 14.4. The number of aromatic nitrogens is 1. The van der Waals surface area contributed by atoms with Gasteiger partial charge in [0.05, 0.1) is 11.2 Å². The van der Waals surface area contributed by atoms with E-state index in [1.54, 1.807) is 0 Å². The smallest absolute Gasteiger partial charge is 0.0797 e. The average molecular weight is 295 g/mol. The van der Waals surface area contributed by atoms with Crippen molar-refractivity contribution in [2.45, 2.75) is 59.3 Å². The molecule has 2 nitrogen and oxygen atoms in total. The zero-order valence-corrected chi connectivity index (χ0v) is 14.1. The first-order valence-electron chi connectivity index (χ1n) is 8.26. The van der Waals surface area contributed by atoms with Gasteiger partial charge in [-0.05, 0) is 50.6 Å². The lowest BCUT2D eigenvalue weighted by Crippen LogP contribution is -2.30. The predicted octanol–water partition coefficient (Wildman–Crippen LogP) is 4.44. The first kappa shape index (κ1) is 16.0. The Kier molecular flexibility index (Phi) is 6.50. The Balaban J connectivity index is 1.83. The molecule has 0 bridgehead atoms. The fourth-order valence-corrected chi connectivity index (χ4v) is 4.17. The van der Waals surface area contributed by atoms with Gasteiger partial charge in [0.1, 0.15) is 0 Å².